The number of ether oxygens (including phenoxy) is 2. The third-order valence-electron chi connectivity index (χ3n) is 7.08. The van der Waals surface area contributed by atoms with Crippen LogP contribution in [0.15, 0.2) is 47.3 Å². The molecule has 0 spiro atoms. The Kier molecular flexibility index (Phi) is 5.70. The molecule has 35 heavy (non-hydrogen) atoms. The average molecular weight is 475 g/mol. The number of H-pyrrole nitrogens is 1. The summed E-state index contributed by atoms with van der Waals surface area (Å²) in [6.45, 7) is 7.06. The Morgan fingerprint density at radius 1 is 1.11 bits per heavy atom. The molecule has 1 atom stereocenters. The van der Waals surface area contributed by atoms with Crippen LogP contribution in [0.5, 0.6) is 11.5 Å². The molecule has 9 heteroatoms. The first-order valence-corrected chi connectivity index (χ1v) is 11.8. The summed E-state index contributed by atoms with van der Waals surface area (Å²) >= 11 is 0. The predicted molar refractivity (Wildman–Crippen MR) is 134 cm³/mol. The number of rotatable bonds is 7. The minimum Gasteiger partial charge on any atom is -0.493 e. The summed E-state index contributed by atoms with van der Waals surface area (Å²) in [4.78, 5) is 18.9. The summed E-state index contributed by atoms with van der Waals surface area (Å²) in [7, 11) is 3.17. The van der Waals surface area contributed by atoms with E-state index in [1.54, 1.807) is 20.3 Å². The molecule has 9 nitrogen and oxygen atoms in total. The van der Waals surface area contributed by atoms with Gasteiger partial charge in [-0.1, -0.05) is 25.1 Å². The van der Waals surface area contributed by atoms with Gasteiger partial charge in [0.1, 0.15) is 6.04 Å². The van der Waals surface area contributed by atoms with E-state index in [1.807, 2.05) is 28.9 Å². The van der Waals surface area contributed by atoms with E-state index in [-0.39, 0.29) is 11.1 Å². The lowest BCUT2D eigenvalue weighted by molar-refractivity contribution is 0.287. The highest BCUT2D eigenvalue weighted by Gasteiger charge is 2.36. The summed E-state index contributed by atoms with van der Waals surface area (Å²) in [5, 5.41) is 13.7. The fraction of sp³-hybridized carbons (Fsp3) is 0.385. The van der Waals surface area contributed by atoms with E-state index < -0.39 is 6.04 Å². The van der Waals surface area contributed by atoms with Crippen molar-refractivity contribution in [1.29, 1.82) is 0 Å². The standard InChI is InChI=1S/C26H30N6O3/c1-6-26(2,3)32-24(28-29-30-32)23(31-12-11-16-9-7-8-10-20(16)31)18-13-17-14-21(34-4)22(35-5)15-19(17)27-25(18)33/h7-10,13-15,23H,6,11-12H2,1-5H3,(H,27,33)/t23-/m1/s1. The molecule has 1 N–H and O–H groups in total. The van der Waals surface area contributed by atoms with Gasteiger partial charge in [-0.05, 0) is 60.9 Å². The van der Waals surface area contributed by atoms with Crippen LogP contribution in [0, 0.1) is 0 Å². The van der Waals surface area contributed by atoms with Gasteiger partial charge in [0, 0.05) is 29.2 Å². The van der Waals surface area contributed by atoms with Crippen molar-refractivity contribution in [1.82, 2.24) is 25.2 Å². The first-order valence-electron chi connectivity index (χ1n) is 11.8. The quantitative estimate of drug-likeness (QED) is 0.435. The lowest BCUT2D eigenvalue weighted by Crippen LogP contribution is -2.37. The molecular formula is C26H30N6O3. The largest absolute Gasteiger partial charge is 0.493 e. The number of hydrogen-bond donors (Lipinski definition) is 1. The molecule has 0 saturated heterocycles. The van der Waals surface area contributed by atoms with E-state index in [4.69, 9.17) is 9.47 Å². The van der Waals surface area contributed by atoms with Crippen molar-refractivity contribution >= 4 is 16.6 Å². The van der Waals surface area contributed by atoms with Gasteiger partial charge in [-0.15, -0.1) is 5.10 Å². The molecule has 4 aromatic rings. The zero-order valence-corrected chi connectivity index (χ0v) is 20.7. The van der Waals surface area contributed by atoms with Crippen LogP contribution in [0.1, 0.15) is 50.2 Å². The SMILES string of the molecule is CCC(C)(C)n1nnnc1[C@@H](c1cc2cc(OC)c(OC)cc2[nH]c1=O)N1CCc2ccccc21. The summed E-state index contributed by atoms with van der Waals surface area (Å²) in [6, 6.07) is 13.4. The third-order valence-corrected chi connectivity index (χ3v) is 7.08. The molecule has 0 amide bonds. The second-order valence-electron chi connectivity index (χ2n) is 9.44. The van der Waals surface area contributed by atoms with Crippen molar-refractivity contribution in [2.45, 2.75) is 45.2 Å². The van der Waals surface area contributed by atoms with Crippen LogP contribution in [0.4, 0.5) is 5.69 Å². The first kappa shape index (κ1) is 22.9. The van der Waals surface area contributed by atoms with Gasteiger partial charge in [0.25, 0.3) is 5.56 Å². The number of nitrogens with zero attached hydrogens (tertiary/aromatic N) is 5. The normalized spacial score (nSPS) is 14.3. The van der Waals surface area contributed by atoms with E-state index in [9.17, 15) is 4.79 Å². The van der Waals surface area contributed by atoms with Crippen LogP contribution in [-0.2, 0) is 12.0 Å². The molecule has 182 valence electrons. The van der Waals surface area contributed by atoms with E-state index in [0.29, 0.717) is 28.4 Å². The molecule has 0 fully saturated rings. The van der Waals surface area contributed by atoms with Gasteiger partial charge in [0.05, 0.1) is 25.3 Å². The Labute approximate surface area is 203 Å². The molecule has 1 aliphatic heterocycles. The Morgan fingerprint density at radius 2 is 1.86 bits per heavy atom. The molecule has 1 aliphatic rings. The van der Waals surface area contributed by atoms with Crippen molar-refractivity contribution in [3.63, 3.8) is 0 Å². The molecule has 0 unspecified atom stereocenters. The zero-order valence-electron chi connectivity index (χ0n) is 20.7. The summed E-state index contributed by atoms with van der Waals surface area (Å²) in [6.07, 6.45) is 1.72. The molecule has 0 radical (unpaired) electrons. The summed E-state index contributed by atoms with van der Waals surface area (Å²) in [5.74, 6) is 1.79. The zero-order chi connectivity index (χ0) is 24.7. The Morgan fingerprint density at radius 3 is 2.60 bits per heavy atom. The summed E-state index contributed by atoms with van der Waals surface area (Å²) < 4.78 is 12.8. The maximum Gasteiger partial charge on any atom is 0.254 e. The van der Waals surface area contributed by atoms with Crippen LogP contribution >= 0.6 is 0 Å². The number of hydrogen-bond acceptors (Lipinski definition) is 7. The Balaban J connectivity index is 1.75. The molecule has 2 aromatic heterocycles. The first-order chi connectivity index (χ1) is 16.9. The van der Waals surface area contributed by atoms with E-state index in [1.165, 1.54) is 5.56 Å². The fourth-order valence-corrected chi connectivity index (χ4v) is 4.78. The van der Waals surface area contributed by atoms with Crippen molar-refractivity contribution < 1.29 is 9.47 Å². The number of pyridine rings is 1. The monoisotopic (exact) mass is 474 g/mol. The minimum atomic E-state index is -0.472. The lowest BCUT2D eigenvalue weighted by Gasteiger charge is -2.32. The molecule has 0 aliphatic carbocycles. The number of anilines is 1. The van der Waals surface area contributed by atoms with Crippen molar-refractivity contribution in [3.8, 4) is 11.5 Å². The maximum atomic E-state index is 13.6. The number of para-hydroxylation sites is 1. The number of aromatic nitrogens is 5. The van der Waals surface area contributed by atoms with Crippen molar-refractivity contribution in [3.05, 3.63) is 69.8 Å². The van der Waals surface area contributed by atoms with Gasteiger partial charge in [0.15, 0.2) is 17.3 Å². The fourth-order valence-electron chi connectivity index (χ4n) is 4.78. The van der Waals surface area contributed by atoms with E-state index in [2.05, 4.69) is 58.3 Å². The van der Waals surface area contributed by atoms with Gasteiger partial charge in [-0.25, -0.2) is 4.68 Å². The topological polar surface area (TPSA) is 98.2 Å². The lowest BCUT2D eigenvalue weighted by atomic mass is 9.99. The molecule has 5 rings (SSSR count). The second-order valence-corrected chi connectivity index (χ2v) is 9.44. The van der Waals surface area contributed by atoms with Gasteiger partial charge >= 0.3 is 0 Å². The van der Waals surface area contributed by atoms with E-state index >= 15 is 0 Å². The Bertz CT molecular complexity index is 1440. The third kappa shape index (κ3) is 3.80. The number of tetrazole rings is 1. The van der Waals surface area contributed by atoms with Gasteiger partial charge < -0.3 is 19.4 Å². The van der Waals surface area contributed by atoms with Crippen molar-refractivity contribution in [2.75, 3.05) is 25.7 Å². The smallest absolute Gasteiger partial charge is 0.254 e. The number of nitrogens with one attached hydrogen (secondary N) is 1. The van der Waals surface area contributed by atoms with Gasteiger partial charge in [-0.3, -0.25) is 4.79 Å². The number of benzene rings is 2. The maximum absolute atomic E-state index is 13.6. The highest BCUT2D eigenvalue weighted by Crippen LogP contribution is 2.39. The molecule has 2 aromatic carbocycles. The van der Waals surface area contributed by atoms with Crippen molar-refractivity contribution in [2.24, 2.45) is 0 Å². The van der Waals surface area contributed by atoms with Crippen LogP contribution < -0.4 is 19.9 Å². The van der Waals surface area contributed by atoms with Gasteiger partial charge in [-0.2, -0.15) is 0 Å². The predicted octanol–water partition coefficient (Wildman–Crippen LogP) is 3.83. The highest BCUT2D eigenvalue weighted by atomic mass is 16.5. The highest BCUT2D eigenvalue weighted by molar-refractivity contribution is 5.83. The number of aromatic amines is 1. The van der Waals surface area contributed by atoms with Crippen LogP contribution in [0.25, 0.3) is 10.9 Å². The minimum absolute atomic E-state index is 0.192. The van der Waals surface area contributed by atoms with Crippen LogP contribution in [0.2, 0.25) is 0 Å². The molecular weight excluding hydrogens is 444 g/mol. The number of fused-ring (bicyclic) bond motifs is 2. The average Bonchev–Trinajstić information content (AvgIpc) is 3.52. The molecule has 0 saturated carbocycles. The van der Waals surface area contributed by atoms with Crippen LogP contribution in [0.3, 0.4) is 0 Å². The molecule has 3 heterocycles. The number of methoxy groups -OCH3 is 2. The van der Waals surface area contributed by atoms with Gasteiger partial charge in [0.2, 0.25) is 0 Å². The second kappa shape index (κ2) is 8.72. The Hall–Kier alpha value is -3.88. The van der Waals surface area contributed by atoms with E-state index in [0.717, 1.165) is 30.5 Å². The molecule has 0 bridgehead atoms. The van der Waals surface area contributed by atoms with Crippen LogP contribution in [-0.4, -0.2) is 46.0 Å². The summed E-state index contributed by atoms with van der Waals surface area (Å²) in [5.41, 5.74) is 3.07.